The lowest BCUT2D eigenvalue weighted by molar-refractivity contribution is 0.0929. The summed E-state index contributed by atoms with van der Waals surface area (Å²) in [7, 11) is 0. The molecule has 3 rings (SSSR count). The van der Waals surface area contributed by atoms with E-state index in [1.165, 1.54) is 0 Å². The molecule has 1 aliphatic carbocycles. The van der Waals surface area contributed by atoms with Crippen molar-refractivity contribution in [3.63, 3.8) is 0 Å². The van der Waals surface area contributed by atoms with Gasteiger partial charge in [0.25, 0.3) is 5.91 Å². The fourth-order valence-electron chi connectivity index (χ4n) is 2.32. The van der Waals surface area contributed by atoms with Gasteiger partial charge in [0.15, 0.2) is 5.82 Å². The number of aryl methyl sites for hydroxylation is 2. The average molecular weight is 285 g/mol. The Morgan fingerprint density at radius 1 is 1.52 bits per heavy atom. The van der Waals surface area contributed by atoms with Gasteiger partial charge >= 0.3 is 0 Å². The smallest absolute Gasteiger partial charge is 0.255 e. The van der Waals surface area contributed by atoms with Crippen molar-refractivity contribution in [1.82, 2.24) is 25.1 Å². The van der Waals surface area contributed by atoms with Crippen LogP contribution in [-0.2, 0) is 6.54 Å². The third-order valence-corrected chi connectivity index (χ3v) is 3.69. The van der Waals surface area contributed by atoms with Gasteiger partial charge in [-0.15, -0.1) is 0 Å². The fraction of sp³-hybridized carbons (Fsp3) is 0.467. The van der Waals surface area contributed by atoms with Crippen LogP contribution in [0, 0.1) is 12.8 Å². The molecule has 0 radical (unpaired) electrons. The Hall–Kier alpha value is -2.24. The maximum absolute atomic E-state index is 12.4. The molecule has 1 amide bonds. The molecule has 1 saturated carbocycles. The third kappa shape index (κ3) is 3.09. The van der Waals surface area contributed by atoms with E-state index in [1.807, 2.05) is 19.9 Å². The summed E-state index contributed by atoms with van der Waals surface area (Å²) in [5.41, 5.74) is 1.49. The second-order valence-electron chi connectivity index (χ2n) is 5.43. The van der Waals surface area contributed by atoms with Crippen LogP contribution in [0.25, 0.3) is 0 Å². The first-order valence-corrected chi connectivity index (χ1v) is 7.30. The summed E-state index contributed by atoms with van der Waals surface area (Å²) in [6, 6.07) is 1.75. The Morgan fingerprint density at radius 3 is 2.95 bits per heavy atom. The van der Waals surface area contributed by atoms with Gasteiger partial charge in [-0.2, -0.15) is 5.10 Å². The van der Waals surface area contributed by atoms with E-state index >= 15 is 0 Å². The van der Waals surface area contributed by atoms with Crippen molar-refractivity contribution in [3.8, 4) is 0 Å². The zero-order valence-electron chi connectivity index (χ0n) is 12.3. The van der Waals surface area contributed by atoms with Crippen LogP contribution in [0.15, 0.2) is 24.7 Å². The average Bonchev–Trinajstić information content (AvgIpc) is 3.20. The minimum absolute atomic E-state index is 0.109. The molecule has 6 heteroatoms. The molecule has 0 bridgehead atoms. The zero-order chi connectivity index (χ0) is 14.8. The highest BCUT2D eigenvalue weighted by atomic mass is 16.1. The van der Waals surface area contributed by atoms with Crippen molar-refractivity contribution in [2.75, 3.05) is 0 Å². The summed E-state index contributed by atoms with van der Waals surface area (Å²) < 4.78 is 1.74. The second kappa shape index (κ2) is 5.63. The van der Waals surface area contributed by atoms with Crippen molar-refractivity contribution < 1.29 is 4.79 Å². The molecule has 0 aliphatic heterocycles. The quantitative estimate of drug-likeness (QED) is 0.910. The van der Waals surface area contributed by atoms with Gasteiger partial charge in [-0.1, -0.05) is 0 Å². The number of carbonyl (C=O) groups is 1. The Kier molecular flexibility index (Phi) is 3.68. The monoisotopic (exact) mass is 285 g/mol. The summed E-state index contributed by atoms with van der Waals surface area (Å²) in [6.45, 7) is 4.67. The molecule has 1 N–H and O–H groups in total. The number of hydrogen-bond donors (Lipinski definition) is 1. The molecule has 6 nitrogen and oxygen atoms in total. The van der Waals surface area contributed by atoms with Gasteiger partial charge < -0.3 is 5.32 Å². The van der Waals surface area contributed by atoms with Crippen molar-refractivity contribution in [2.45, 2.75) is 39.3 Å². The number of rotatable bonds is 5. The van der Waals surface area contributed by atoms with Crippen LogP contribution in [0.4, 0.5) is 0 Å². The molecule has 110 valence electrons. The van der Waals surface area contributed by atoms with Crippen LogP contribution in [0.5, 0.6) is 0 Å². The summed E-state index contributed by atoms with van der Waals surface area (Å²) in [4.78, 5) is 21.1. The summed E-state index contributed by atoms with van der Waals surface area (Å²) in [5, 5.41) is 7.19. The maximum Gasteiger partial charge on any atom is 0.255 e. The highest BCUT2D eigenvalue weighted by Crippen LogP contribution is 2.40. The van der Waals surface area contributed by atoms with Crippen LogP contribution in [0.1, 0.15) is 47.7 Å². The first kappa shape index (κ1) is 13.7. The van der Waals surface area contributed by atoms with Crippen LogP contribution in [0.3, 0.4) is 0 Å². The predicted molar refractivity (Wildman–Crippen MR) is 77.6 cm³/mol. The Morgan fingerprint density at radius 2 is 2.33 bits per heavy atom. The van der Waals surface area contributed by atoms with Crippen LogP contribution in [-0.4, -0.2) is 25.7 Å². The topological polar surface area (TPSA) is 72.7 Å². The van der Waals surface area contributed by atoms with Gasteiger partial charge in [0.05, 0.1) is 17.8 Å². The fourth-order valence-corrected chi connectivity index (χ4v) is 2.32. The first-order chi connectivity index (χ1) is 10.2. The SMILES string of the molecule is CCn1cc(C(=O)NC(c2nccc(C)n2)C2CC2)cn1. The van der Waals surface area contributed by atoms with Crippen LogP contribution >= 0.6 is 0 Å². The lowest BCUT2D eigenvalue weighted by Crippen LogP contribution is -2.31. The van der Waals surface area contributed by atoms with Gasteiger partial charge in [0, 0.05) is 24.6 Å². The number of hydrogen-bond acceptors (Lipinski definition) is 4. The van der Waals surface area contributed by atoms with Crippen molar-refractivity contribution in [3.05, 3.63) is 41.7 Å². The molecule has 1 fully saturated rings. The normalized spacial score (nSPS) is 15.7. The molecule has 1 unspecified atom stereocenters. The molecule has 1 aliphatic rings. The molecule has 2 heterocycles. The Labute approximate surface area is 123 Å². The number of nitrogens with zero attached hydrogens (tertiary/aromatic N) is 4. The predicted octanol–water partition coefficient (Wildman–Crippen LogP) is 1.88. The summed E-state index contributed by atoms with van der Waals surface area (Å²) in [5.74, 6) is 1.03. The van der Waals surface area contributed by atoms with E-state index in [-0.39, 0.29) is 11.9 Å². The lowest BCUT2D eigenvalue weighted by atomic mass is 10.1. The van der Waals surface area contributed by atoms with Crippen molar-refractivity contribution in [2.24, 2.45) is 5.92 Å². The van der Waals surface area contributed by atoms with E-state index in [2.05, 4.69) is 20.4 Å². The van der Waals surface area contributed by atoms with Crippen LogP contribution in [0.2, 0.25) is 0 Å². The van der Waals surface area contributed by atoms with Crippen molar-refractivity contribution >= 4 is 5.91 Å². The van der Waals surface area contributed by atoms with E-state index in [1.54, 1.807) is 23.3 Å². The minimum atomic E-state index is -0.114. The highest BCUT2D eigenvalue weighted by Gasteiger charge is 2.35. The van der Waals surface area contributed by atoms with Gasteiger partial charge in [0.2, 0.25) is 0 Å². The van der Waals surface area contributed by atoms with E-state index < -0.39 is 0 Å². The molecular formula is C15H19N5O. The van der Waals surface area contributed by atoms with Gasteiger partial charge in [-0.3, -0.25) is 9.48 Å². The molecule has 1 atom stereocenters. The van der Waals surface area contributed by atoms with Gasteiger partial charge in [-0.25, -0.2) is 9.97 Å². The van der Waals surface area contributed by atoms with Crippen LogP contribution < -0.4 is 5.32 Å². The van der Waals surface area contributed by atoms with Gasteiger partial charge in [0.1, 0.15) is 0 Å². The lowest BCUT2D eigenvalue weighted by Gasteiger charge is -2.16. The molecule has 0 spiro atoms. The number of carbonyl (C=O) groups excluding carboxylic acids is 1. The molecule has 2 aromatic rings. The Bertz CT molecular complexity index is 647. The van der Waals surface area contributed by atoms with E-state index in [4.69, 9.17) is 0 Å². The number of aromatic nitrogens is 4. The molecule has 21 heavy (non-hydrogen) atoms. The molecule has 0 saturated heterocycles. The zero-order valence-corrected chi connectivity index (χ0v) is 12.3. The van der Waals surface area contributed by atoms with Crippen molar-refractivity contribution in [1.29, 1.82) is 0 Å². The summed E-state index contributed by atoms with van der Waals surface area (Å²) in [6.07, 6.45) is 7.32. The standard InChI is InChI=1S/C15H19N5O/c1-3-20-9-12(8-17-20)15(21)19-13(11-4-5-11)14-16-7-6-10(2)18-14/h6-9,11,13H,3-5H2,1-2H3,(H,19,21). The van der Waals surface area contributed by atoms with E-state index in [0.717, 1.165) is 25.1 Å². The maximum atomic E-state index is 12.4. The molecular weight excluding hydrogens is 266 g/mol. The largest absolute Gasteiger partial charge is 0.342 e. The first-order valence-electron chi connectivity index (χ1n) is 7.30. The highest BCUT2D eigenvalue weighted by molar-refractivity contribution is 5.93. The number of nitrogens with one attached hydrogen (secondary N) is 1. The van der Waals surface area contributed by atoms with E-state index in [9.17, 15) is 4.79 Å². The van der Waals surface area contributed by atoms with Gasteiger partial charge in [-0.05, 0) is 38.7 Å². The Balaban J connectivity index is 1.77. The summed E-state index contributed by atoms with van der Waals surface area (Å²) >= 11 is 0. The number of amides is 1. The second-order valence-corrected chi connectivity index (χ2v) is 5.43. The third-order valence-electron chi connectivity index (χ3n) is 3.69. The molecule has 0 aromatic carbocycles. The minimum Gasteiger partial charge on any atom is -0.342 e. The molecule has 2 aromatic heterocycles. The van der Waals surface area contributed by atoms with E-state index in [0.29, 0.717) is 17.3 Å².